The highest BCUT2D eigenvalue weighted by Gasteiger charge is 2.40. The van der Waals surface area contributed by atoms with Crippen LogP contribution in [0, 0.1) is 5.41 Å². The van der Waals surface area contributed by atoms with Crippen molar-refractivity contribution in [1.29, 1.82) is 0 Å². The van der Waals surface area contributed by atoms with Crippen LogP contribution < -0.4 is 5.32 Å². The zero-order valence-electron chi connectivity index (χ0n) is 19.7. The number of hydrogen-bond donors (Lipinski definition) is 2. The van der Waals surface area contributed by atoms with Crippen LogP contribution >= 0.6 is 0 Å². The summed E-state index contributed by atoms with van der Waals surface area (Å²) in [6.45, 7) is 12.7. The van der Waals surface area contributed by atoms with Gasteiger partial charge in [-0.1, -0.05) is 51.5 Å². The first kappa shape index (κ1) is 24.4. The first-order valence-corrected chi connectivity index (χ1v) is 11.2. The molecular weight excluding hydrogens is 386 g/mol. The normalized spacial score (nSPS) is 16.4. The van der Waals surface area contributed by atoms with Crippen LogP contribution in [0.25, 0.3) is 16.5 Å². The van der Waals surface area contributed by atoms with E-state index in [-0.39, 0.29) is 11.2 Å². The Morgan fingerprint density at radius 1 is 1.32 bits per heavy atom. The summed E-state index contributed by atoms with van der Waals surface area (Å²) in [5.74, 6) is 0.575. The highest BCUT2D eigenvalue weighted by atomic mass is 16.3. The van der Waals surface area contributed by atoms with Gasteiger partial charge >= 0.3 is 0 Å². The second-order valence-electron chi connectivity index (χ2n) is 8.24. The number of aliphatic hydroxyl groups is 1. The van der Waals surface area contributed by atoms with Crippen LogP contribution in [0.15, 0.2) is 54.5 Å². The summed E-state index contributed by atoms with van der Waals surface area (Å²) in [5, 5.41) is 18.1. The van der Waals surface area contributed by atoms with E-state index in [1.807, 2.05) is 43.9 Å². The summed E-state index contributed by atoms with van der Waals surface area (Å²) in [7, 11) is 1.92. The van der Waals surface area contributed by atoms with Gasteiger partial charge in [0.05, 0.1) is 17.1 Å². The number of nitrogens with one attached hydrogen (secondary N) is 1. The Labute approximate surface area is 186 Å². The zero-order chi connectivity index (χ0) is 23.0. The molecule has 3 rings (SSSR count). The quantitative estimate of drug-likeness (QED) is 0.418. The summed E-state index contributed by atoms with van der Waals surface area (Å²) >= 11 is 0. The summed E-state index contributed by atoms with van der Waals surface area (Å²) < 4.78 is 1.84. The maximum absolute atomic E-state index is 11.6. The second kappa shape index (κ2) is 11.0. The van der Waals surface area contributed by atoms with Crippen molar-refractivity contribution in [2.75, 3.05) is 6.54 Å². The van der Waals surface area contributed by atoms with Crippen molar-refractivity contribution in [1.82, 2.24) is 15.1 Å². The summed E-state index contributed by atoms with van der Waals surface area (Å²) in [6, 6.07) is 6.11. The molecular formula is C26H37N3O2. The third-order valence-corrected chi connectivity index (χ3v) is 6.15. The Kier molecular flexibility index (Phi) is 8.66. The van der Waals surface area contributed by atoms with Crippen molar-refractivity contribution in [3.8, 4) is 0 Å². The molecule has 5 heteroatoms. The van der Waals surface area contributed by atoms with E-state index in [9.17, 15) is 9.90 Å². The molecule has 0 aliphatic carbocycles. The van der Waals surface area contributed by atoms with E-state index in [0.29, 0.717) is 5.91 Å². The Hall–Kier alpha value is -2.82. The fourth-order valence-electron chi connectivity index (χ4n) is 4.43. The second-order valence-corrected chi connectivity index (χ2v) is 8.24. The van der Waals surface area contributed by atoms with Crippen LogP contribution in [0.2, 0.25) is 0 Å². The van der Waals surface area contributed by atoms with Crippen LogP contribution in [-0.4, -0.2) is 27.3 Å². The topological polar surface area (TPSA) is 67.2 Å². The lowest BCUT2D eigenvalue weighted by atomic mass is 9.78. The van der Waals surface area contributed by atoms with Crippen LogP contribution in [-0.2, 0) is 11.8 Å². The van der Waals surface area contributed by atoms with Gasteiger partial charge in [0.1, 0.15) is 5.76 Å². The first-order chi connectivity index (χ1) is 14.8. The largest absolute Gasteiger partial charge is 0.508 e. The lowest BCUT2D eigenvalue weighted by Gasteiger charge is -2.24. The number of allylic oxidation sites excluding steroid dienone is 4. The molecule has 1 aromatic heterocycles. The molecule has 1 saturated heterocycles. The molecule has 0 radical (unpaired) electrons. The van der Waals surface area contributed by atoms with Crippen LogP contribution in [0.3, 0.4) is 0 Å². The monoisotopic (exact) mass is 423 g/mol. The molecule has 168 valence electrons. The third kappa shape index (κ3) is 5.46. The lowest BCUT2D eigenvalue weighted by Crippen LogP contribution is -2.30. The molecule has 31 heavy (non-hydrogen) atoms. The van der Waals surface area contributed by atoms with E-state index in [1.165, 1.54) is 0 Å². The van der Waals surface area contributed by atoms with Gasteiger partial charge in [-0.2, -0.15) is 5.10 Å². The Balaban J connectivity index is 0.000000245. The Morgan fingerprint density at radius 3 is 2.52 bits per heavy atom. The van der Waals surface area contributed by atoms with Crippen molar-refractivity contribution >= 4 is 22.4 Å². The van der Waals surface area contributed by atoms with Crippen LogP contribution in [0.5, 0.6) is 0 Å². The molecule has 1 aliphatic rings. The van der Waals surface area contributed by atoms with Gasteiger partial charge in [0.2, 0.25) is 5.91 Å². The molecule has 1 aliphatic heterocycles. The van der Waals surface area contributed by atoms with E-state index in [1.54, 1.807) is 12.2 Å². The molecule has 2 N–H and O–H groups in total. The minimum absolute atomic E-state index is 0.00347. The van der Waals surface area contributed by atoms with Crippen LogP contribution in [0.1, 0.15) is 65.4 Å². The van der Waals surface area contributed by atoms with Gasteiger partial charge in [0.25, 0.3) is 0 Å². The standard InChI is InChI=1S/C16H18N2O.C10H19NO/c1-5-14(11(3)16(19)6-2)12-7-8-13-10-17-18(4)15(13)9-12;1-3-5-10(6-4-2)7-8-11-9(10)12/h5-10,19H,1H2,2-4H3;3-8H2,1-2H3,(H,11,12)/b14-11+,16-6+;. The fraction of sp³-hybridized carbons (Fsp3) is 0.462. The number of amides is 1. The van der Waals surface area contributed by atoms with Crippen LogP contribution in [0.4, 0.5) is 0 Å². The SMILES string of the molecule is C=C/C(=C(C)\C(O)=C/C)c1ccc2cnn(C)c2c1.CCCC1(CCC)CCNC1=O. The average Bonchev–Trinajstić information content (AvgIpc) is 3.31. The number of nitrogens with zero attached hydrogens (tertiary/aromatic N) is 2. The first-order valence-electron chi connectivity index (χ1n) is 11.2. The number of carbonyl (C=O) groups is 1. The molecule has 1 aromatic carbocycles. The molecule has 5 nitrogen and oxygen atoms in total. The van der Waals surface area contributed by atoms with Crippen molar-refractivity contribution < 1.29 is 9.90 Å². The van der Waals surface area contributed by atoms with Gasteiger partial charge in [-0.25, -0.2) is 0 Å². The zero-order valence-corrected chi connectivity index (χ0v) is 19.7. The number of fused-ring (bicyclic) bond motifs is 1. The highest BCUT2D eigenvalue weighted by molar-refractivity contribution is 5.87. The molecule has 0 saturated carbocycles. The molecule has 0 atom stereocenters. The number of hydrogen-bond acceptors (Lipinski definition) is 3. The molecule has 0 bridgehead atoms. The van der Waals surface area contributed by atoms with E-state index in [4.69, 9.17) is 0 Å². The molecule has 2 aromatic rings. The van der Waals surface area contributed by atoms with Gasteiger partial charge in [-0.15, -0.1) is 0 Å². The smallest absolute Gasteiger partial charge is 0.226 e. The summed E-state index contributed by atoms with van der Waals surface area (Å²) in [6.07, 6.45) is 10.7. The van der Waals surface area contributed by atoms with Crippen molar-refractivity contribution in [2.45, 2.75) is 59.8 Å². The van der Waals surface area contributed by atoms with Gasteiger partial charge < -0.3 is 10.4 Å². The van der Waals surface area contributed by atoms with E-state index < -0.39 is 0 Å². The van der Waals surface area contributed by atoms with E-state index in [0.717, 1.165) is 66.3 Å². The van der Waals surface area contributed by atoms with E-state index in [2.05, 4.69) is 36.9 Å². The number of aliphatic hydroxyl groups excluding tert-OH is 1. The number of aromatic nitrogens is 2. The Morgan fingerprint density at radius 2 is 2.00 bits per heavy atom. The molecule has 1 amide bonds. The van der Waals surface area contributed by atoms with Gasteiger partial charge in [0, 0.05) is 19.0 Å². The lowest BCUT2D eigenvalue weighted by molar-refractivity contribution is -0.128. The molecule has 1 fully saturated rings. The molecule has 0 spiro atoms. The minimum atomic E-state index is 0.00347. The summed E-state index contributed by atoms with van der Waals surface area (Å²) in [4.78, 5) is 11.6. The Bertz CT molecular complexity index is 976. The summed E-state index contributed by atoms with van der Waals surface area (Å²) in [5.41, 5.74) is 3.84. The number of carbonyl (C=O) groups excluding carboxylic acids is 1. The van der Waals surface area contributed by atoms with Crippen molar-refractivity contribution in [3.63, 3.8) is 0 Å². The van der Waals surface area contributed by atoms with Crippen molar-refractivity contribution in [3.05, 3.63) is 60.0 Å². The van der Waals surface area contributed by atoms with Gasteiger partial charge in [0.15, 0.2) is 0 Å². The fourth-order valence-corrected chi connectivity index (χ4v) is 4.43. The predicted octanol–water partition coefficient (Wildman–Crippen LogP) is 6.09. The average molecular weight is 424 g/mol. The molecule has 0 unspecified atom stereocenters. The maximum Gasteiger partial charge on any atom is 0.226 e. The van der Waals surface area contributed by atoms with Gasteiger partial charge in [-0.3, -0.25) is 9.48 Å². The molecule has 2 heterocycles. The third-order valence-electron chi connectivity index (χ3n) is 6.15. The van der Waals surface area contributed by atoms with Crippen molar-refractivity contribution in [2.24, 2.45) is 12.5 Å². The number of rotatable bonds is 7. The highest BCUT2D eigenvalue weighted by Crippen LogP contribution is 2.36. The van der Waals surface area contributed by atoms with Gasteiger partial charge in [-0.05, 0) is 62.0 Å². The number of aryl methyl sites for hydroxylation is 1. The maximum atomic E-state index is 11.6. The minimum Gasteiger partial charge on any atom is -0.508 e. The number of benzene rings is 1. The van der Waals surface area contributed by atoms with E-state index >= 15 is 0 Å². The predicted molar refractivity (Wildman–Crippen MR) is 130 cm³/mol.